The highest BCUT2D eigenvalue weighted by Gasteiger charge is 2.38. The van der Waals surface area contributed by atoms with Gasteiger partial charge in [0.25, 0.3) is 11.8 Å². The van der Waals surface area contributed by atoms with E-state index < -0.39 is 17.8 Å². The van der Waals surface area contributed by atoms with Gasteiger partial charge in [-0.25, -0.2) is 9.69 Å². The monoisotopic (exact) mass is 398 g/mol. The Bertz CT molecular complexity index is 1030. The Hall–Kier alpha value is -4.01. The first kappa shape index (κ1) is 19.7. The van der Waals surface area contributed by atoms with Crippen LogP contribution in [-0.2, 0) is 9.59 Å². The van der Waals surface area contributed by atoms with E-state index in [-0.39, 0.29) is 28.5 Å². The first-order valence-electron chi connectivity index (χ1n) is 8.40. The number of methoxy groups -OCH3 is 3. The summed E-state index contributed by atoms with van der Waals surface area (Å²) in [4.78, 5) is 38.6. The van der Waals surface area contributed by atoms with E-state index in [0.29, 0.717) is 11.3 Å². The van der Waals surface area contributed by atoms with Gasteiger partial charge in [0.05, 0.1) is 27.0 Å². The van der Waals surface area contributed by atoms with Crippen LogP contribution in [0.25, 0.3) is 6.08 Å². The molecule has 29 heavy (non-hydrogen) atoms. The molecule has 9 heteroatoms. The molecule has 3 rings (SSSR count). The molecule has 1 aliphatic heterocycles. The number of anilines is 1. The molecule has 0 saturated carbocycles. The number of nitrogens with zero attached hydrogens (tertiary/aromatic N) is 1. The highest BCUT2D eigenvalue weighted by Crippen LogP contribution is 2.35. The number of urea groups is 1. The van der Waals surface area contributed by atoms with E-state index in [1.54, 1.807) is 12.1 Å². The minimum atomic E-state index is -0.910. The van der Waals surface area contributed by atoms with Crippen LogP contribution in [0.5, 0.6) is 23.0 Å². The number of carbonyl (C=O) groups excluding carboxylic acids is 3. The molecular weight excluding hydrogens is 380 g/mol. The van der Waals surface area contributed by atoms with E-state index >= 15 is 0 Å². The Balaban J connectivity index is 2.07. The molecule has 2 aromatic rings. The highest BCUT2D eigenvalue weighted by molar-refractivity contribution is 6.39. The van der Waals surface area contributed by atoms with Gasteiger partial charge < -0.3 is 19.3 Å². The van der Waals surface area contributed by atoms with E-state index in [4.69, 9.17) is 14.2 Å². The lowest BCUT2D eigenvalue weighted by atomic mass is 10.1. The summed E-state index contributed by atoms with van der Waals surface area (Å²) in [5.41, 5.74) is 0.267. The maximum Gasteiger partial charge on any atom is 0.336 e. The number of benzene rings is 2. The minimum Gasteiger partial charge on any atom is -0.504 e. The fraction of sp³-hybridized carbons (Fsp3) is 0.150. The Morgan fingerprint density at radius 3 is 2.31 bits per heavy atom. The molecule has 2 N–H and O–H groups in total. The molecule has 0 bridgehead atoms. The molecule has 1 aliphatic rings. The van der Waals surface area contributed by atoms with Gasteiger partial charge in [-0.1, -0.05) is 6.07 Å². The molecule has 0 unspecified atom stereocenters. The third-order valence-electron chi connectivity index (χ3n) is 4.24. The van der Waals surface area contributed by atoms with E-state index in [1.165, 1.54) is 51.7 Å². The molecule has 1 saturated heterocycles. The number of rotatable bonds is 5. The topological polar surface area (TPSA) is 114 Å². The third-order valence-corrected chi connectivity index (χ3v) is 4.24. The first-order valence-corrected chi connectivity index (χ1v) is 8.40. The van der Waals surface area contributed by atoms with Crippen LogP contribution in [-0.4, -0.2) is 44.3 Å². The molecule has 0 atom stereocenters. The van der Waals surface area contributed by atoms with Crippen molar-refractivity contribution in [2.45, 2.75) is 0 Å². The first-order chi connectivity index (χ1) is 13.9. The van der Waals surface area contributed by atoms with E-state index in [9.17, 15) is 19.5 Å². The molecule has 9 nitrogen and oxygen atoms in total. The summed E-state index contributed by atoms with van der Waals surface area (Å²) in [6, 6.07) is 8.01. The normalized spacial score (nSPS) is 15.3. The average Bonchev–Trinajstić information content (AvgIpc) is 2.71. The van der Waals surface area contributed by atoms with Gasteiger partial charge in [0.1, 0.15) is 17.1 Å². The molecule has 0 aliphatic carbocycles. The number of amides is 4. The number of phenols is 1. The van der Waals surface area contributed by atoms with Crippen LogP contribution in [0.1, 0.15) is 5.56 Å². The second-order valence-electron chi connectivity index (χ2n) is 5.93. The molecule has 1 fully saturated rings. The van der Waals surface area contributed by atoms with Crippen LogP contribution in [0, 0.1) is 0 Å². The largest absolute Gasteiger partial charge is 0.504 e. The SMILES string of the molecule is COc1ccc(OC)c(N2C(=O)NC(=O)/C(=C\c3ccc(O)c(OC)c3)C2=O)c1. The van der Waals surface area contributed by atoms with Crippen molar-refractivity contribution in [3.63, 3.8) is 0 Å². The van der Waals surface area contributed by atoms with Crippen LogP contribution in [0.4, 0.5) is 10.5 Å². The predicted octanol–water partition coefficient (Wildman–Crippen LogP) is 2.08. The van der Waals surface area contributed by atoms with Crippen molar-refractivity contribution in [1.29, 1.82) is 0 Å². The molecule has 4 amide bonds. The zero-order valence-corrected chi connectivity index (χ0v) is 15.9. The fourth-order valence-corrected chi connectivity index (χ4v) is 2.80. The number of hydrogen-bond donors (Lipinski definition) is 2. The third kappa shape index (κ3) is 3.70. The lowest BCUT2D eigenvalue weighted by Gasteiger charge is -2.27. The van der Waals surface area contributed by atoms with Crippen molar-refractivity contribution < 1.29 is 33.7 Å². The lowest BCUT2D eigenvalue weighted by Crippen LogP contribution is -2.54. The summed E-state index contributed by atoms with van der Waals surface area (Å²) < 4.78 is 15.4. The van der Waals surface area contributed by atoms with Crippen LogP contribution in [0.2, 0.25) is 0 Å². The molecule has 0 aromatic heterocycles. The number of imide groups is 2. The van der Waals surface area contributed by atoms with Gasteiger partial charge in [-0.2, -0.15) is 0 Å². The summed E-state index contributed by atoms with van der Waals surface area (Å²) >= 11 is 0. The van der Waals surface area contributed by atoms with E-state index in [0.717, 1.165) is 4.90 Å². The van der Waals surface area contributed by atoms with Gasteiger partial charge in [-0.05, 0) is 35.9 Å². The second kappa shape index (κ2) is 7.93. The number of phenolic OH excluding ortho intramolecular Hbond substituents is 1. The fourth-order valence-electron chi connectivity index (χ4n) is 2.80. The number of nitrogens with one attached hydrogen (secondary N) is 1. The van der Waals surface area contributed by atoms with Crippen molar-refractivity contribution in [3.05, 3.63) is 47.5 Å². The molecule has 0 radical (unpaired) electrons. The summed E-state index contributed by atoms with van der Waals surface area (Å²) in [6.07, 6.45) is 1.30. The van der Waals surface area contributed by atoms with Crippen molar-refractivity contribution in [2.24, 2.45) is 0 Å². The van der Waals surface area contributed by atoms with Crippen molar-refractivity contribution in [1.82, 2.24) is 5.32 Å². The van der Waals surface area contributed by atoms with Crippen molar-refractivity contribution in [2.75, 3.05) is 26.2 Å². The Kier molecular flexibility index (Phi) is 5.40. The van der Waals surface area contributed by atoms with Crippen LogP contribution < -0.4 is 24.4 Å². The molecule has 1 heterocycles. The van der Waals surface area contributed by atoms with Crippen LogP contribution in [0.3, 0.4) is 0 Å². The van der Waals surface area contributed by atoms with Crippen LogP contribution in [0.15, 0.2) is 42.0 Å². The number of aromatic hydroxyl groups is 1. The average molecular weight is 398 g/mol. The maximum atomic E-state index is 13.0. The van der Waals surface area contributed by atoms with Gasteiger partial charge in [0, 0.05) is 6.07 Å². The quantitative estimate of drug-likeness (QED) is 0.585. The zero-order valence-electron chi connectivity index (χ0n) is 15.9. The summed E-state index contributed by atoms with van der Waals surface area (Å²) in [7, 11) is 4.21. The number of barbiturate groups is 1. The van der Waals surface area contributed by atoms with E-state index in [2.05, 4.69) is 5.32 Å². The summed E-state index contributed by atoms with van der Waals surface area (Å²) in [6.45, 7) is 0. The maximum absolute atomic E-state index is 13.0. The number of hydrogen-bond acceptors (Lipinski definition) is 7. The zero-order chi connectivity index (χ0) is 21.1. The molecule has 150 valence electrons. The predicted molar refractivity (Wildman–Crippen MR) is 103 cm³/mol. The smallest absolute Gasteiger partial charge is 0.336 e. The summed E-state index contributed by atoms with van der Waals surface area (Å²) in [5.74, 6) is -0.957. The minimum absolute atomic E-state index is 0.0907. The number of ether oxygens (including phenoxy) is 3. The Labute approximate surface area is 166 Å². The highest BCUT2D eigenvalue weighted by atomic mass is 16.5. The van der Waals surface area contributed by atoms with Gasteiger partial charge >= 0.3 is 6.03 Å². The standard InChI is InChI=1S/C20H18N2O7/c1-27-12-5-7-16(28-2)14(10-12)22-19(25)13(18(24)21-20(22)26)8-11-4-6-15(23)17(9-11)29-3/h4-10,23H,1-3H3,(H,21,24,26)/b13-8+. The molecular formula is C20H18N2O7. The van der Waals surface area contributed by atoms with Gasteiger partial charge in [0.15, 0.2) is 11.5 Å². The second-order valence-corrected chi connectivity index (χ2v) is 5.93. The van der Waals surface area contributed by atoms with Crippen molar-refractivity contribution >= 4 is 29.6 Å². The van der Waals surface area contributed by atoms with Gasteiger partial charge in [0.2, 0.25) is 0 Å². The molecule has 0 spiro atoms. The van der Waals surface area contributed by atoms with Crippen molar-refractivity contribution in [3.8, 4) is 23.0 Å². The number of carbonyl (C=O) groups is 3. The van der Waals surface area contributed by atoms with Crippen LogP contribution >= 0.6 is 0 Å². The Morgan fingerprint density at radius 2 is 1.66 bits per heavy atom. The van der Waals surface area contributed by atoms with E-state index in [1.807, 2.05) is 0 Å². The molecule has 2 aromatic carbocycles. The summed E-state index contributed by atoms with van der Waals surface area (Å²) in [5, 5.41) is 11.8. The van der Waals surface area contributed by atoms with Gasteiger partial charge in [-0.3, -0.25) is 14.9 Å². The Morgan fingerprint density at radius 1 is 0.931 bits per heavy atom. The lowest BCUT2D eigenvalue weighted by molar-refractivity contribution is -0.122. The van der Waals surface area contributed by atoms with Gasteiger partial charge in [-0.15, -0.1) is 0 Å².